The van der Waals surface area contributed by atoms with Crippen molar-refractivity contribution in [3.8, 4) is 0 Å². The maximum absolute atomic E-state index is 11.7. The van der Waals surface area contributed by atoms with Crippen LogP contribution in [0.1, 0.15) is 5.56 Å². The van der Waals surface area contributed by atoms with Crippen LogP contribution in [0, 0.1) is 0 Å². The van der Waals surface area contributed by atoms with Gasteiger partial charge in [0.2, 0.25) is 0 Å². The Morgan fingerprint density at radius 2 is 1.67 bits per heavy atom. The molecule has 0 aliphatic carbocycles. The van der Waals surface area contributed by atoms with Crippen LogP contribution >= 0.6 is 23.2 Å². The molecule has 8 heteroatoms. The number of aliphatic carboxylic acids is 1. The fourth-order valence-corrected chi connectivity index (χ4v) is 2.39. The van der Waals surface area contributed by atoms with Gasteiger partial charge in [0.25, 0.3) is 0 Å². The van der Waals surface area contributed by atoms with Crippen LogP contribution in [0.25, 0.3) is 0 Å². The van der Waals surface area contributed by atoms with Crippen molar-refractivity contribution in [2.24, 2.45) is 0 Å². The second-order valence-electron chi connectivity index (χ2n) is 4.59. The largest absolute Gasteiger partial charge is 1.00 e. The van der Waals surface area contributed by atoms with Crippen molar-refractivity contribution in [1.82, 2.24) is 0 Å². The third-order valence-corrected chi connectivity index (χ3v) is 3.56. The van der Waals surface area contributed by atoms with E-state index in [-0.39, 0.29) is 36.0 Å². The summed E-state index contributed by atoms with van der Waals surface area (Å²) in [6, 6.07) is 12.1. The van der Waals surface area contributed by atoms with Gasteiger partial charge in [0.05, 0.1) is 28.1 Å². The van der Waals surface area contributed by atoms with Crippen LogP contribution in [-0.2, 0) is 20.7 Å². The Bertz CT molecular complexity index is 720. The second-order valence-corrected chi connectivity index (χ2v) is 5.40. The second kappa shape index (κ2) is 9.91. The van der Waals surface area contributed by atoms with Gasteiger partial charge in [-0.2, -0.15) is 0 Å². The van der Waals surface area contributed by atoms with Crippen LogP contribution < -0.4 is 40.0 Å². The number of carboxylic acids is 1. The normalized spacial score (nSPS) is 9.75. The van der Waals surface area contributed by atoms with E-state index in [0.717, 1.165) is 0 Å². The number of anilines is 2. The molecule has 0 atom stereocenters. The summed E-state index contributed by atoms with van der Waals surface area (Å²) in [5, 5.41) is 14.3. The van der Waals surface area contributed by atoms with Crippen molar-refractivity contribution in [3.63, 3.8) is 0 Å². The first-order valence-corrected chi connectivity index (χ1v) is 7.37. The zero-order chi connectivity index (χ0) is 16.8. The van der Waals surface area contributed by atoms with E-state index in [2.05, 4.69) is 10.1 Å². The molecule has 2 rings (SSSR count). The Balaban J connectivity index is 0.00000288. The van der Waals surface area contributed by atoms with Crippen molar-refractivity contribution in [1.29, 1.82) is 0 Å². The quantitative estimate of drug-likeness (QED) is 0.547. The fourth-order valence-electron chi connectivity index (χ4n) is 1.89. The standard InChI is InChI=1S/C16H13Cl2NO4.Na/c17-11-5-3-6-12(18)16(11)19-13-7-2-1-4-10(13)8-15(22)23-9-14(20)21;/h1-7,19H,8-9H2,(H,20,21);/q;+1/p-1. The summed E-state index contributed by atoms with van der Waals surface area (Å²) in [6.07, 6.45) is -0.0987. The molecule has 0 spiro atoms. The summed E-state index contributed by atoms with van der Waals surface area (Å²) in [5.74, 6) is -2.12. The molecule has 0 saturated carbocycles. The van der Waals surface area contributed by atoms with E-state index in [1.54, 1.807) is 42.5 Å². The number of carbonyl (C=O) groups excluding carboxylic acids is 2. The minimum absolute atomic E-state index is 0. The van der Waals surface area contributed by atoms with Gasteiger partial charge < -0.3 is 20.0 Å². The molecule has 0 radical (unpaired) electrons. The Hall–Kier alpha value is -1.24. The minimum Gasteiger partial charge on any atom is -0.546 e. The third-order valence-electron chi connectivity index (χ3n) is 2.93. The smallest absolute Gasteiger partial charge is 0.546 e. The fraction of sp³-hybridized carbons (Fsp3) is 0.125. The summed E-state index contributed by atoms with van der Waals surface area (Å²) >= 11 is 12.2. The summed E-state index contributed by atoms with van der Waals surface area (Å²) in [4.78, 5) is 22.0. The Morgan fingerprint density at radius 3 is 2.29 bits per heavy atom. The van der Waals surface area contributed by atoms with E-state index in [0.29, 0.717) is 27.0 Å². The van der Waals surface area contributed by atoms with E-state index in [1.807, 2.05) is 0 Å². The first kappa shape index (κ1) is 20.8. The molecule has 1 N–H and O–H groups in total. The molecule has 2 aromatic carbocycles. The maximum atomic E-state index is 11.7. The molecule has 0 unspecified atom stereocenters. The van der Waals surface area contributed by atoms with Gasteiger partial charge in [-0.05, 0) is 23.8 Å². The van der Waals surface area contributed by atoms with E-state index in [1.165, 1.54) is 0 Å². The van der Waals surface area contributed by atoms with Crippen LogP contribution in [0.2, 0.25) is 10.0 Å². The first-order valence-electron chi connectivity index (χ1n) is 6.62. The molecule has 0 heterocycles. The van der Waals surface area contributed by atoms with Crippen LogP contribution in [-0.4, -0.2) is 18.5 Å². The van der Waals surface area contributed by atoms with E-state index < -0.39 is 18.5 Å². The summed E-state index contributed by atoms with van der Waals surface area (Å²) in [6.45, 7) is -0.773. The van der Waals surface area contributed by atoms with Crippen LogP contribution in [0.5, 0.6) is 0 Å². The number of para-hydroxylation sites is 2. The topological polar surface area (TPSA) is 78.5 Å². The Morgan fingerprint density at radius 1 is 1.04 bits per heavy atom. The van der Waals surface area contributed by atoms with Gasteiger partial charge in [-0.15, -0.1) is 0 Å². The zero-order valence-electron chi connectivity index (χ0n) is 12.8. The number of carbonyl (C=O) groups is 2. The molecular formula is C16H12Cl2NNaO4. The number of carboxylic acid groups (broad SMARTS) is 1. The van der Waals surface area contributed by atoms with Crippen molar-refractivity contribution < 1.29 is 49.0 Å². The average Bonchev–Trinajstić information content (AvgIpc) is 2.50. The van der Waals surface area contributed by atoms with Gasteiger partial charge in [-0.25, -0.2) is 0 Å². The number of benzene rings is 2. The van der Waals surface area contributed by atoms with Gasteiger partial charge >= 0.3 is 35.5 Å². The van der Waals surface area contributed by atoms with Gasteiger partial charge in [0.15, 0.2) is 0 Å². The minimum atomic E-state index is -1.45. The van der Waals surface area contributed by atoms with Crippen molar-refractivity contribution >= 4 is 46.5 Å². The Kier molecular flexibility index (Phi) is 8.59. The van der Waals surface area contributed by atoms with E-state index in [9.17, 15) is 14.7 Å². The van der Waals surface area contributed by atoms with Gasteiger partial charge in [0, 0.05) is 5.69 Å². The molecular weight excluding hydrogens is 364 g/mol. The van der Waals surface area contributed by atoms with Crippen molar-refractivity contribution in [3.05, 3.63) is 58.1 Å². The van der Waals surface area contributed by atoms with Gasteiger partial charge in [0.1, 0.15) is 6.61 Å². The molecule has 0 fully saturated rings. The number of nitrogens with one attached hydrogen (secondary N) is 1. The SMILES string of the molecule is O=C([O-])COC(=O)Cc1ccccc1Nc1c(Cl)cccc1Cl.[Na+]. The molecule has 2 aromatic rings. The number of rotatable bonds is 6. The van der Waals surface area contributed by atoms with Crippen LogP contribution in [0.3, 0.4) is 0 Å². The summed E-state index contributed by atoms with van der Waals surface area (Å²) in [5.41, 5.74) is 1.76. The van der Waals surface area contributed by atoms with Gasteiger partial charge in [-0.1, -0.05) is 47.5 Å². The van der Waals surface area contributed by atoms with E-state index >= 15 is 0 Å². The molecule has 0 aromatic heterocycles. The van der Waals surface area contributed by atoms with Crippen LogP contribution in [0.4, 0.5) is 11.4 Å². The molecule has 0 saturated heterocycles. The number of halogens is 2. The number of ether oxygens (including phenoxy) is 1. The van der Waals surface area contributed by atoms with Gasteiger partial charge in [-0.3, -0.25) is 4.79 Å². The van der Waals surface area contributed by atoms with Crippen LogP contribution in [0.15, 0.2) is 42.5 Å². The molecule has 120 valence electrons. The predicted molar refractivity (Wildman–Crippen MR) is 85.9 cm³/mol. The third kappa shape index (κ3) is 6.00. The zero-order valence-corrected chi connectivity index (χ0v) is 16.4. The molecule has 5 nitrogen and oxygen atoms in total. The average molecular weight is 376 g/mol. The summed E-state index contributed by atoms with van der Waals surface area (Å²) in [7, 11) is 0. The molecule has 0 aliphatic heterocycles. The molecule has 0 bridgehead atoms. The van der Waals surface area contributed by atoms with Crippen molar-refractivity contribution in [2.75, 3.05) is 11.9 Å². The number of hydrogen-bond acceptors (Lipinski definition) is 5. The molecule has 0 amide bonds. The molecule has 24 heavy (non-hydrogen) atoms. The number of hydrogen-bond donors (Lipinski definition) is 1. The predicted octanol–water partition coefficient (Wildman–Crippen LogP) is -0.423. The monoisotopic (exact) mass is 375 g/mol. The van der Waals surface area contributed by atoms with E-state index in [4.69, 9.17) is 23.2 Å². The van der Waals surface area contributed by atoms with Crippen molar-refractivity contribution in [2.45, 2.75) is 6.42 Å². The molecule has 0 aliphatic rings. The number of esters is 1. The Labute approximate surface area is 171 Å². The maximum Gasteiger partial charge on any atom is 1.00 e. The first-order chi connectivity index (χ1) is 11.0. The summed E-state index contributed by atoms with van der Waals surface area (Å²) < 4.78 is 4.58.